The summed E-state index contributed by atoms with van der Waals surface area (Å²) in [5, 5.41) is 10.2. The number of benzene rings is 1. The van der Waals surface area contributed by atoms with Gasteiger partial charge >= 0.3 is 5.97 Å². The number of carbonyl (C=O) groups excluding carboxylic acids is 1. The summed E-state index contributed by atoms with van der Waals surface area (Å²) >= 11 is 0. The van der Waals surface area contributed by atoms with E-state index in [1.165, 1.54) is 13.2 Å². The molecule has 228 valence electrons. The van der Waals surface area contributed by atoms with E-state index in [0.717, 1.165) is 29.3 Å². The van der Waals surface area contributed by atoms with Gasteiger partial charge < -0.3 is 24.6 Å². The molecule has 2 N–H and O–H groups in total. The number of anilines is 1. The van der Waals surface area contributed by atoms with Crippen molar-refractivity contribution in [3.8, 4) is 16.9 Å². The maximum atomic E-state index is 16.3. The fraction of sp³-hybridized carbons (Fsp3) is 0.333. The van der Waals surface area contributed by atoms with Gasteiger partial charge in [0.05, 0.1) is 24.7 Å². The van der Waals surface area contributed by atoms with Crippen LogP contribution in [0.25, 0.3) is 27.6 Å². The van der Waals surface area contributed by atoms with Gasteiger partial charge in [-0.2, -0.15) is 0 Å². The Balaban J connectivity index is 1.36. The molecular formula is C33H33F2N5O4. The summed E-state index contributed by atoms with van der Waals surface area (Å²) in [6.45, 7) is 3.70. The third-order valence-electron chi connectivity index (χ3n) is 8.62. The number of aromatic nitrogens is 3. The Morgan fingerprint density at radius 3 is 2.61 bits per heavy atom. The van der Waals surface area contributed by atoms with Crippen LogP contribution in [0.4, 0.5) is 14.6 Å². The molecule has 2 aliphatic rings. The van der Waals surface area contributed by atoms with E-state index in [1.54, 1.807) is 29.4 Å². The maximum Gasteiger partial charge on any atom is 0.306 e. The maximum absolute atomic E-state index is 16.3. The van der Waals surface area contributed by atoms with E-state index < -0.39 is 23.5 Å². The minimum absolute atomic E-state index is 0.198. The van der Waals surface area contributed by atoms with Gasteiger partial charge in [-0.1, -0.05) is 13.0 Å². The molecule has 1 atom stereocenters. The largest absolute Gasteiger partial charge is 0.493 e. The molecule has 9 nitrogen and oxygen atoms in total. The summed E-state index contributed by atoms with van der Waals surface area (Å²) in [7, 11) is 1.46. The Morgan fingerprint density at radius 2 is 1.89 bits per heavy atom. The molecule has 1 fully saturated rings. The number of H-pyrrole nitrogens is 1. The van der Waals surface area contributed by atoms with E-state index >= 15 is 4.39 Å². The van der Waals surface area contributed by atoms with Crippen LogP contribution in [0.15, 0.2) is 48.9 Å². The molecule has 4 aromatic rings. The van der Waals surface area contributed by atoms with Crippen LogP contribution in [0.5, 0.6) is 5.75 Å². The molecule has 4 heterocycles. The Bertz CT molecular complexity index is 1780. The normalized spacial score (nSPS) is 17.1. The Morgan fingerprint density at radius 1 is 1.09 bits per heavy atom. The first-order valence-electron chi connectivity index (χ1n) is 14.7. The number of halogens is 2. The molecule has 3 aromatic heterocycles. The summed E-state index contributed by atoms with van der Waals surface area (Å²) in [4.78, 5) is 40.7. The first kappa shape index (κ1) is 29.3. The number of ether oxygens (including phenoxy) is 1. The molecule has 0 saturated carbocycles. The van der Waals surface area contributed by atoms with Gasteiger partial charge in [-0.15, -0.1) is 0 Å². The number of pyridine rings is 2. The number of nitrogens with zero attached hydrogens (tertiary/aromatic N) is 4. The number of rotatable bonds is 7. The van der Waals surface area contributed by atoms with Crippen molar-refractivity contribution in [3.05, 3.63) is 77.4 Å². The van der Waals surface area contributed by atoms with Crippen molar-refractivity contribution in [2.24, 2.45) is 5.92 Å². The van der Waals surface area contributed by atoms with Crippen LogP contribution in [-0.4, -0.2) is 70.1 Å². The number of aliphatic carboxylic acids is 1. The van der Waals surface area contributed by atoms with Crippen molar-refractivity contribution in [1.29, 1.82) is 0 Å². The number of piperazine rings is 1. The zero-order valence-electron chi connectivity index (χ0n) is 24.6. The van der Waals surface area contributed by atoms with E-state index in [2.05, 4.69) is 15.0 Å². The zero-order chi connectivity index (χ0) is 31.0. The van der Waals surface area contributed by atoms with E-state index in [9.17, 15) is 19.1 Å². The number of hydrogen-bond donors (Lipinski definition) is 2. The van der Waals surface area contributed by atoms with Gasteiger partial charge in [-0.25, -0.2) is 13.8 Å². The molecular weight excluding hydrogens is 568 g/mol. The van der Waals surface area contributed by atoms with Gasteiger partial charge in [-0.3, -0.25) is 14.6 Å². The van der Waals surface area contributed by atoms with Crippen LogP contribution in [0, 0.1) is 17.6 Å². The van der Waals surface area contributed by atoms with Crippen molar-refractivity contribution in [1.82, 2.24) is 19.9 Å². The summed E-state index contributed by atoms with van der Waals surface area (Å²) in [5.74, 6) is -1.91. The van der Waals surface area contributed by atoms with Crippen LogP contribution in [0.3, 0.4) is 0 Å². The molecule has 1 saturated heterocycles. The summed E-state index contributed by atoms with van der Waals surface area (Å²) in [6.07, 6.45) is 8.53. The predicted molar refractivity (Wildman–Crippen MR) is 163 cm³/mol. The SMILES string of the molecule is CCc1ccncc1-c1cc(C2=CCCC(C(=O)O)C2)c(F)c2[nH]c(C(=O)N3CCN(c4ncc(F)cc4OC)CC3)cc12. The molecule has 44 heavy (non-hydrogen) atoms. The lowest BCUT2D eigenvalue weighted by molar-refractivity contribution is -0.141. The lowest BCUT2D eigenvalue weighted by Crippen LogP contribution is -2.49. The molecule has 1 amide bonds. The molecule has 11 heteroatoms. The standard InChI is InChI=1S/C33H33F2N5O4/c1-3-19-7-8-36-18-26(19)24-15-23(20-5-4-6-21(13-20)33(42)43)29(35)30-25(24)16-27(38-30)32(41)40-11-9-39(10-12-40)31-28(44-2)14-22(34)17-37-31/h5,7-8,14-18,21,38H,3-4,6,9-13H2,1-2H3,(H,42,43). The second kappa shape index (κ2) is 12.1. The first-order chi connectivity index (χ1) is 21.3. The third kappa shape index (κ3) is 5.38. The van der Waals surface area contributed by atoms with Crippen molar-refractivity contribution in [2.75, 3.05) is 38.2 Å². The van der Waals surface area contributed by atoms with Crippen molar-refractivity contribution >= 4 is 34.2 Å². The second-order valence-electron chi connectivity index (χ2n) is 11.1. The number of fused-ring (bicyclic) bond motifs is 1. The number of hydrogen-bond acceptors (Lipinski definition) is 6. The molecule has 1 aliphatic heterocycles. The molecule has 0 bridgehead atoms. The van der Waals surface area contributed by atoms with Gasteiger partial charge in [0.1, 0.15) is 11.5 Å². The highest BCUT2D eigenvalue weighted by molar-refractivity contribution is 6.05. The number of aromatic amines is 1. The number of carboxylic acids is 1. The van der Waals surface area contributed by atoms with E-state index in [-0.39, 0.29) is 23.5 Å². The first-order valence-corrected chi connectivity index (χ1v) is 14.7. The van der Waals surface area contributed by atoms with Crippen LogP contribution in [0.1, 0.15) is 47.8 Å². The molecule has 0 spiro atoms. The van der Waals surface area contributed by atoms with Crippen LogP contribution in [-0.2, 0) is 11.2 Å². The molecule has 1 aromatic carbocycles. The second-order valence-corrected chi connectivity index (χ2v) is 11.1. The van der Waals surface area contributed by atoms with E-state index in [1.807, 2.05) is 24.0 Å². The number of carboxylic acid groups (broad SMARTS) is 1. The van der Waals surface area contributed by atoms with Gasteiger partial charge in [0, 0.05) is 61.2 Å². The van der Waals surface area contributed by atoms with Crippen LogP contribution in [0.2, 0.25) is 0 Å². The summed E-state index contributed by atoms with van der Waals surface area (Å²) < 4.78 is 35.3. The number of amides is 1. The van der Waals surface area contributed by atoms with Gasteiger partial charge in [0.25, 0.3) is 5.91 Å². The van der Waals surface area contributed by atoms with Gasteiger partial charge in [0.2, 0.25) is 0 Å². The number of nitrogens with one attached hydrogen (secondary N) is 1. The number of allylic oxidation sites excluding steroid dienone is 2. The highest BCUT2D eigenvalue weighted by Crippen LogP contribution is 2.40. The smallest absolute Gasteiger partial charge is 0.306 e. The summed E-state index contributed by atoms with van der Waals surface area (Å²) in [5.41, 5.74) is 4.02. The Kier molecular flexibility index (Phi) is 8.03. The Hall–Kier alpha value is -4.80. The molecule has 0 radical (unpaired) electrons. The van der Waals surface area contributed by atoms with Crippen molar-refractivity contribution < 1.29 is 28.2 Å². The van der Waals surface area contributed by atoms with E-state index in [4.69, 9.17) is 4.74 Å². The summed E-state index contributed by atoms with van der Waals surface area (Å²) in [6, 6.07) is 6.67. The third-order valence-corrected chi connectivity index (χ3v) is 8.62. The fourth-order valence-corrected chi connectivity index (χ4v) is 6.24. The number of methoxy groups -OCH3 is 1. The minimum Gasteiger partial charge on any atom is -0.493 e. The van der Waals surface area contributed by atoms with Crippen molar-refractivity contribution in [2.45, 2.75) is 32.6 Å². The van der Waals surface area contributed by atoms with Crippen molar-refractivity contribution in [3.63, 3.8) is 0 Å². The van der Waals surface area contributed by atoms with Crippen LogP contribution >= 0.6 is 0 Å². The Labute approximate surface area is 253 Å². The monoisotopic (exact) mass is 601 g/mol. The lowest BCUT2D eigenvalue weighted by Gasteiger charge is -2.35. The average molecular weight is 602 g/mol. The fourth-order valence-electron chi connectivity index (χ4n) is 6.24. The topological polar surface area (TPSA) is 112 Å². The molecule has 1 aliphatic carbocycles. The van der Waals surface area contributed by atoms with Gasteiger partial charge in [-0.05, 0) is 60.6 Å². The number of carbonyl (C=O) groups is 2. The predicted octanol–water partition coefficient (Wildman–Crippen LogP) is 5.70. The average Bonchev–Trinajstić information content (AvgIpc) is 3.51. The van der Waals surface area contributed by atoms with Gasteiger partial charge in [0.15, 0.2) is 17.4 Å². The minimum atomic E-state index is -0.889. The highest BCUT2D eigenvalue weighted by atomic mass is 19.1. The zero-order valence-corrected chi connectivity index (χ0v) is 24.6. The molecule has 1 unspecified atom stereocenters. The van der Waals surface area contributed by atoms with Crippen LogP contribution < -0.4 is 9.64 Å². The molecule has 6 rings (SSSR count). The van der Waals surface area contributed by atoms with E-state index in [0.29, 0.717) is 67.1 Å². The number of aryl methyl sites for hydroxylation is 1. The lowest BCUT2D eigenvalue weighted by atomic mass is 9.84. The highest BCUT2D eigenvalue weighted by Gasteiger charge is 2.29. The quantitative estimate of drug-likeness (QED) is 0.279.